The molecule has 0 fully saturated rings. The van der Waals surface area contributed by atoms with E-state index in [0.717, 1.165) is 90.9 Å². The molecule has 0 heterocycles. The van der Waals surface area contributed by atoms with Gasteiger partial charge in [0.25, 0.3) is 0 Å². The number of hydrogen-bond donors (Lipinski definition) is 14. The molecule has 0 amide bonds. The third-order valence-corrected chi connectivity index (χ3v) is 12.8. The number of hydrogen-bond acceptors (Lipinski definition) is 28. The summed E-state index contributed by atoms with van der Waals surface area (Å²) >= 11 is 0. The highest BCUT2D eigenvalue weighted by atomic mass is 16.4. The molecule has 3 aromatic rings. The van der Waals surface area contributed by atoms with Crippen LogP contribution in [0.2, 0.25) is 0 Å². The van der Waals surface area contributed by atoms with Crippen molar-refractivity contribution in [3.8, 4) is 0 Å². The van der Waals surface area contributed by atoms with Gasteiger partial charge in [-0.1, -0.05) is 137 Å². The van der Waals surface area contributed by atoms with E-state index in [-0.39, 0.29) is 67.0 Å². The molecule has 4 atom stereocenters. The monoisotopic (exact) mass is 1650 g/mol. The SMILES string of the molecule is CC(=O)C(O)C(CC(=O)O)C(=O)O.CC(=O)C/C(=C/C(=O)O)C(=O)O.CC(=O)CC(CC(=O)O)C(=O)O.CC(=O)CC(O)(CC(=O)O)C(=O)O.CC(=O)CCCCCCCCC(=O)O.CC(=O)CCCCCCCCCCC(=O)O.O=C(O)c1ccccc1.O=C(O)c1ccccc1.O=C=O.O=C=O.O=C=O.O=C=O.c1ccccc1. The lowest BCUT2D eigenvalue weighted by molar-refractivity contribution is -0.193. The predicted molar refractivity (Wildman–Crippen MR) is 391 cm³/mol. The van der Waals surface area contributed by atoms with Gasteiger partial charge in [-0.15, -0.1) is 0 Å². The summed E-state index contributed by atoms with van der Waals surface area (Å²) in [5.41, 5.74) is -2.23. The van der Waals surface area contributed by atoms with Gasteiger partial charge in [0.05, 0.1) is 41.9 Å². The van der Waals surface area contributed by atoms with Crippen LogP contribution in [0.15, 0.2) is 109 Å². The molecule has 0 radical (unpaired) electrons. The number of carboxylic acids is 12. The molecule has 0 spiro atoms. The molecule has 40 nitrogen and oxygen atoms in total. The zero-order valence-corrected chi connectivity index (χ0v) is 64.4. The van der Waals surface area contributed by atoms with Crippen LogP contribution in [0.4, 0.5) is 0 Å². The van der Waals surface area contributed by atoms with Crippen molar-refractivity contribution in [1.82, 2.24) is 0 Å². The number of Topliss-reactive ketones (excluding diaryl/α,β-unsaturated/α-hetero) is 6. The third-order valence-electron chi connectivity index (χ3n) is 12.8. The second kappa shape index (κ2) is 85.5. The highest BCUT2D eigenvalue weighted by Crippen LogP contribution is 2.17. The first-order chi connectivity index (χ1) is 54.0. The highest BCUT2D eigenvalue weighted by Gasteiger charge is 2.39. The van der Waals surface area contributed by atoms with E-state index in [1.165, 1.54) is 33.1 Å². The number of ketones is 6. The summed E-state index contributed by atoms with van der Waals surface area (Å²) in [7, 11) is 0. The molecule has 3 rings (SSSR count). The largest absolute Gasteiger partial charge is 0.481 e. The maximum atomic E-state index is 10.7. The van der Waals surface area contributed by atoms with Crippen molar-refractivity contribution in [1.29, 1.82) is 0 Å². The van der Waals surface area contributed by atoms with Crippen LogP contribution in [0.5, 0.6) is 0 Å². The Balaban J connectivity index is -0.000000135. The molecule has 116 heavy (non-hydrogen) atoms. The summed E-state index contributed by atoms with van der Waals surface area (Å²) < 4.78 is 0. The van der Waals surface area contributed by atoms with Gasteiger partial charge in [0.1, 0.15) is 40.9 Å². The number of aliphatic carboxylic acids is 10. The van der Waals surface area contributed by atoms with Crippen LogP contribution in [0, 0.1) is 11.8 Å². The number of rotatable bonds is 41. The van der Waals surface area contributed by atoms with Crippen molar-refractivity contribution >= 4 is 131 Å². The van der Waals surface area contributed by atoms with Gasteiger partial charge < -0.3 is 85.9 Å². The van der Waals surface area contributed by atoms with Crippen LogP contribution >= 0.6 is 0 Å². The molecule has 0 bridgehead atoms. The Kier molecular flexibility index (Phi) is 91.0. The number of aliphatic hydroxyl groups excluding tert-OH is 1. The van der Waals surface area contributed by atoms with Crippen LogP contribution in [0.3, 0.4) is 0 Å². The molecule has 0 aliphatic heterocycles. The molecule has 14 N–H and O–H groups in total. The lowest BCUT2D eigenvalue weighted by Gasteiger charge is -2.19. The topological polar surface area (TPSA) is 727 Å². The van der Waals surface area contributed by atoms with E-state index in [0.29, 0.717) is 30.0 Å². The molecule has 4 unspecified atom stereocenters. The Morgan fingerprint density at radius 1 is 0.345 bits per heavy atom. The van der Waals surface area contributed by atoms with Gasteiger partial charge in [-0.3, -0.25) is 47.9 Å². The Morgan fingerprint density at radius 2 is 0.638 bits per heavy atom. The molecular weight excluding hydrogens is 1550 g/mol. The standard InChI is InChI=1S/C13H24O3.C11H20O3.2C7H10O6.C7H10O5.C7H8O5.2C7H6O2.C6H6.4CO2/c1-12(14)10-8-6-4-2-3-5-7-9-11-13(15)16;1-10(12)8-6-4-2-3-5-7-9-11(13)14;1-4(8)2-7(13,6(11)12)3-5(9)10;1-3(8)6(11)4(7(12)13)2-5(9)10;2*1-4(8)2-5(7(11)12)3-6(9)10;2*8-7(9)6-4-2-1-3-5-6;1-2-4-6-5-3-1;4*2-1-3/h2-11H2,1H3,(H,15,16);2-9H2,1H3,(H,13,14);13H,2-3H2,1H3,(H,9,10)(H,11,12);4,6,11H,2H2,1H3,(H,9,10)(H,12,13);5H,2-3H2,1H3,(H,9,10)(H,11,12);3H,2H2,1H3,(H,9,10)(H,11,12);2*1-5H,(H,8,9);1-6H;;;;/b;;;;;5-3-;;;;;;;. The highest BCUT2D eigenvalue weighted by molar-refractivity contribution is 5.99. The fraction of sp³-hybridized carbons (Fsp3) is 0.447. The summed E-state index contributed by atoms with van der Waals surface area (Å²) in [4.78, 5) is 251. The van der Waals surface area contributed by atoms with Gasteiger partial charge in [-0.25, -0.2) is 24.0 Å². The number of carboxylic acid groups (broad SMARTS) is 12. The van der Waals surface area contributed by atoms with Gasteiger partial charge in [-0.2, -0.15) is 38.4 Å². The molecule has 3 aromatic carbocycles. The maximum Gasteiger partial charge on any atom is 0.373 e. The van der Waals surface area contributed by atoms with Crippen molar-refractivity contribution in [3.63, 3.8) is 0 Å². The number of carbonyl (C=O) groups is 18. The number of benzene rings is 3. The summed E-state index contributed by atoms with van der Waals surface area (Å²) in [6.07, 6.45) is 13.0. The number of carbonyl (C=O) groups excluding carboxylic acids is 14. The van der Waals surface area contributed by atoms with E-state index in [2.05, 4.69) is 0 Å². The number of aliphatic hydroxyl groups is 2. The Hall–Kier alpha value is -13.5. The van der Waals surface area contributed by atoms with Crippen LogP contribution in [0.1, 0.15) is 216 Å². The smallest absolute Gasteiger partial charge is 0.373 e. The molecule has 40 heteroatoms. The first-order valence-corrected chi connectivity index (χ1v) is 33.9. The lowest BCUT2D eigenvalue weighted by atomic mass is 9.94. The molecule has 0 aliphatic rings. The van der Waals surface area contributed by atoms with Crippen LogP contribution in [-0.2, 0) is 115 Å². The average Bonchev–Trinajstić information content (AvgIpc) is 0.862. The Bertz CT molecular complexity index is 3360. The van der Waals surface area contributed by atoms with Gasteiger partial charge in [0.2, 0.25) is 0 Å². The third kappa shape index (κ3) is 107. The van der Waals surface area contributed by atoms with Crippen molar-refractivity contribution in [2.75, 3.05) is 0 Å². The molecule has 0 saturated carbocycles. The van der Waals surface area contributed by atoms with E-state index < -0.39 is 138 Å². The number of unbranched alkanes of at least 4 members (excludes halogenated alkanes) is 12. The minimum Gasteiger partial charge on any atom is -0.481 e. The van der Waals surface area contributed by atoms with Crippen molar-refractivity contribution in [3.05, 3.63) is 120 Å². The first kappa shape index (κ1) is 123. The van der Waals surface area contributed by atoms with E-state index in [1.54, 1.807) is 74.5 Å². The maximum absolute atomic E-state index is 10.7. The van der Waals surface area contributed by atoms with E-state index in [9.17, 15) is 91.4 Å². The molecule has 0 saturated heterocycles. The first-order valence-electron chi connectivity index (χ1n) is 33.9. The van der Waals surface area contributed by atoms with Gasteiger partial charge in [-0.05, 0) is 91.5 Å². The second-order valence-corrected chi connectivity index (χ2v) is 23.1. The van der Waals surface area contributed by atoms with E-state index >= 15 is 0 Å². The second-order valence-electron chi connectivity index (χ2n) is 23.1. The van der Waals surface area contributed by atoms with Crippen molar-refractivity contribution in [2.24, 2.45) is 11.8 Å². The Morgan fingerprint density at radius 3 is 0.828 bits per heavy atom. The zero-order valence-electron chi connectivity index (χ0n) is 64.4. The van der Waals surface area contributed by atoms with Crippen LogP contribution in [-0.4, -0.2) is 214 Å². The van der Waals surface area contributed by atoms with E-state index in [1.807, 2.05) is 36.4 Å². The summed E-state index contributed by atoms with van der Waals surface area (Å²) in [6.45, 7) is 7.77. The van der Waals surface area contributed by atoms with Gasteiger partial charge in [0.15, 0.2) is 11.4 Å². The molecule has 644 valence electrons. The lowest BCUT2D eigenvalue weighted by Crippen LogP contribution is -2.42. The summed E-state index contributed by atoms with van der Waals surface area (Å²) in [6, 6.07) is 28.6. The van der Waals surface area contributed by atoms with E-state index in [4.69, 9.17) is 105 Å². The minimum atomic E-state index is -2.49. The fourth-order valence-electron chi connectivity index (χ4n) is 7.71. The molecule has 0 aromatic heterocycles. The quantitative estimate of drug-likeness (QED) is 0.0200. The molecular formula is C76H100O40. The normalized spacial score (nSPS) is 10.4. The average molecular weight is 1650 g/mol. The Labute approximate surface area is 663 Å². The summed E-state index contributed by atoms with van der Waals surface area (Å²) in [5, 5.41) is 119. The van der Waals surface area contributed by atoms with Gasteiger partial charge >= 0.3 is 96.2 Å². The summed E-state index contributed by atoms with van der Waals surface area (Å²) in [5.74, 6) is -18.5. The number of aromatic carboxylic acids is 2. The van der Waals surface area contributed by atoms with Crippen molar-refractivity contribution in [2.45, 2.75) is 207 Å². The van der Waals surface area contributed by atoms with Crippen molar-refractivity contribution < 1.29 is 196 Å². The minimum absolute atomic E-state index is 0.221. The predicted octanol–water partition coefficient (Wildman–Crippen LogP) is 7.03. The zero-order chi connectivity index (χ0) is 92.2. The molecule has 0 aliphatic carbocycles. The van der Waals surface area contributed by atoms with Gasteiger partial charge in [0, 0.05) is 51.0 Å². The fourth-order valence-corrected chi connectivity index (χ4v) is 7.71. The van der Waals surface area contributed by atoms with Crippen LogP contribution < -0.4 is 0 Å². The van der Waals surface area contributed by atoms with Crippen LogP contribution in [0.25, 0.3) is 0 Å².